The number of carboxylic acids is 2. The van der Waals surface area contributed by atoms with E-state index >= 15 is 0 Å². The zero-order valence-electron chi connectivity index (χ0n) is 15.0. The Bertz CT molecular complexity index is 502. The standard InChI is InChI=1S/C20H32O4/c1-12-7-8-20(2)14(9-12)4-5-15-16(11-19(23)24)13(10-18(21)22)3-6-17(15)20/h12-17H,3-11H2,1-2H3,(H,21,22)(H,23,24)/t12-,13-,14+,15+,16-,17+,20+/m0/s1. The molecule has 3 rings (SSSR count). The number of carboxylic acid groups (broad SMARTS) is 2. The maximum Gasteiger partial charge on any atom is 0.303 e. The van der Waals surface area contributed by atoms with Gasteiger partial charge in [-0.2, -0.15) is 0 Å². The first-order valence-electron chi connectivity index (χ1n) is 9.75. The van der Waals surface area contributed by atoms with Crippen molar-refractivity contribution in [3.8, 4) is 0 Å². The summed E-state index contributed by atoms with van der Waals surface area (Å²) in [5, 5.41) is 18.6. The van der Waals surface area contributed by atoms with Crippen LogP contribution < -0.4 is 0 Å². The third-order valence-electron chi connectivity index (χ3n) is 7.86. The molecule has 4 heteroatoms. The van der Waals surface area contributed by atoms with E-state index in [0.29, 0.717) is 17.3 Å². The van der Waals surface area contributed by atoms with Crippen LogP contribution in [0.2, 0.25) is 0 Å². The van der Waals surface area contributed by atoms with Crippen LogP contribution in [0.5, 0.6) is 0 Å². The van der Waals surface area contributed by atoms with Crippen LogP contribution in [0.4, 0.5) is 0 Å². The molecule has 3 saturated carbocycles. The molecule has 3 aliphatic carbocycles. The Labute approximate surface area is 145 Å². The average Bonchev–Trinajstić information content (AvgIpc) is 2.49. The van der Waals surface area contributed by atoms with Gasteiger partial charge in [-0.05, 0) is 79.4 Å². The van der Waals surface area contributed by atoms with Crippen molar-refractivity contribution in [2.24, 2.45) is 40.9 Å². The molecule has 3 aliphatic rings. The van der Waals surface area contributed by atoms with Gasteiger partial charge in [-0.15, -0.1) is 0 Å². The average molecular weight is 336 g/mol. The number of rotatable bonds is 4. The molecule has 3 fully saturated rings. The summed E-state index contributed by atoms with van der Waals surface area (Å²) in [6, 6.07) is 0. The molecule has 0 aliphatic heterocycles. The van der Waals surface area contributed by atoms with Crippen molar-refractivity contribution in [1.82, 2.24) is 0 Å². The van der Waals surface area contributed by atoms with Gasteiger partial charge in [0, 0.05) is 12.8 Å². The first-order chi connectivity index (χ1) is 11.3. The van der Waals surface area contributed by atoms with Gasteiger partial charge in [0.2, 0.25) is 0 Å². The molecule has 0 unspecified atom stereocenters. The van der Waals surface area contributed by atoms with E-state index in [-0.39, 0.29) is 24.7 Å². The first-order valence-corrected chi connectivity index (χ1v) is 9.75. The van der Waals surface area contributed by atoms with Crippen molar-refractivity contribution < 1.29 is 19.8 Å². The summed E-state index contributed by atoms with van der Waals surface area (Å²) in [4.78, 5) is 22.7. The highest BCUT2D eigenvalue weighted by molar-refractivity contribution is 5.69. The van der Waals surface area contributed by atoms with E-state index in [2.05, 4.69) is 13.8 Å². The van der Waals surface area contributed by atoms with Crippen LogP contribution in [-0.4, -0.2) is 22.2 Å². The molecule has 0 heterocycles. The molecule has 24 heavy (non-hydrogen) atoms. The fraction of sp³-hybridized carbons (Fsp3) is 0.900. The van der Waals surface area contributed by atoms with Gasteiger partial charge in [-0.1, -0.05) is 20.3 Å². The molecule has 0 saturated heterocycles. The van der Waals surface area contributed by atoms with Crippen molar-refractivity contribution in [1.29, 1.82) is 0 Å². The van der Waals surface area contributed by atoms with Gasteiger partial charge < -0.3 is 10.2 Å². The lowest BCUT2D eigenvalue weighted by Crippen LogP contribution is -2.51. The lowest BCUT2D eigenvalue weighted by molar-refractivity contribution is -0.149. The maximum absolute atomic E-state index is 11.4. The summed E-state index contributed by atoms with van der Waals surface area (Å²) in [7, 11) is 0. The molecule has 0 aromatic heterocycles. The van der Waals surface area contributed by atoms with E-state index < -0.39 is 11.9 Å². The van der Waals surface area contributed by atoms with Crippen LogP contribution in [-0.2, 0) is 9.59 Å². The fourth-order valence-electron chi connectivity index (χ4n) is 6.66. The minimum atomic E-state index is -0.778. The van der Waals surface area contributed by atoms with Gasteiger partial charge in [0.15, 0.2) is 0 Å². The zero-order chi connectivity index (χ0) is 17.5. The summed E-state index contributed by atoms with van der Waals surface area (Å²) in [5.74, 6) is 1.16. The van der Waals surface area contributed by atoms with E-state index in [1.807, 2.05) is 0 Å². The Hall–Kier alpha value is -1.06. The van der Waals surface area contributed by atoms with Crippen molar-refractivity contribution in [3.63, 3.8) is 0 Å². The molecule has 0 bridgehead atoms. The van der Waals surface area contributed by atoms with Crippen molar-refractivity contribution >= 4 is 11.9 Å². The normalized spacial score (nSPS) is 45.1. The molecule has 0 radical (unpaired) electrons. The molecular weight excluding hydrogens is 304 g/mol. The predicted octanol–water partition coefficient (Wildman–Crippen LogP) is 4.43. The smallest absolute Gasteiger partial charge is 0.303 e. The molecule has 0 aromatic carbocycles. The lowest BCUT2D eigenvalue weighted by Gasteiger charge is -2.59. The summed E-state index contributed by atoms with van der Waals surface area (Å²) >= 11 is 0. The van der Waals surface area contributed by atoms with Crippen molar-refractivity contribution in [3.05, 3.63) is 0 Å². The summed E-state index contributed by atoms with van der Waals surface area (Å²) < 4.78 is 0. The quantitative estimate of drug-likeness (QED) is 0.796. The van der Waals surface area contributed by atoms with Crippen molar-refractivity contribution in [2.45, 2.75) is 71.6 Å². The SMILES string of the molecule is C[C@H]1CC[C@]2(C)[C@H](CC[C@@H]3[C@@H](CC(=O)O)[C@H](CC(=O)O)CC[C@H]32)C1. The number of aliphatic carboxylic acids is 2. The fourth-order valence-corrected chi connectivity index (χ4v) is 6.66. The van der Waals surface area contributed by atoms with E-state index in [1.165, 1.54) is 25.7 Å². The lowest BCUT2D eigenvalue weighted by atomic mass is 9.46. The third-order valence-corrected chi connectivity index (χ3v) is 7.86. The molecule has 4 nitrogen and oxygen atoms in total. The Kier molecular flexibility index (Phi) is 4.94. The Morgan fingerprint density at radius 1 is 1.00 bits per heavy atom. The Morgan fingerprint density at radius 2 is 1.71 bits per heavy atom. The number of carbonyl (C=O) groups is 2. The van der Waals surface area contributed by atoms with Gasteiger partial charge >= 0.3 is 11.9 Å². The molecule has 136 valence electrons. The molecule has 0 amide bonds. The van der Waals surface area contributed by atoms with Gasteiger partial charge in [0.25, 0.3) is 0 Å². The number of fused-ring (bicyclic) bond motifs is 3. The van der Waals surface area contributed by atoms with Gasteiger partial charge in [-0.25, -0.2) is 0 Å². The highest BCUT2D eigenvalue weighted by atomic mass is 16.4. The van der Waals surface area contributed by atoms with E-state index in [4.69, 9.17) is 0 Å². The summed E-state index contributed by atoms with van der Waals surface area (Å²) in [6.07, 6.45) is 8.46. The molecule has 0 aromatic rings. The van der Waals surface area contributed by atoms with Gasteiger partial charge in [-0.3, -0.25) is 9.59 Å². The van der Waals surface area contributed by atoms with Crippen LogP contribution >= 0.6 is 0 Å². The van der Waals surface area contributed by atoms with Gasteiger partial charge in [0.05, 0.1) is 0 Å². The second kappa shape index (κ2) is 6.68. The maximum atomic E-state index is 11.4. The van der Waals surface area contributed by atoms with Crippen molar-refractivity contribution in [2.75, 3.05) is 0 Å². The highest BCUT2D eigenvalue weighted by Gasteiger charge is 2.54. The number of hydrogen-bond donors (Lipinski definition) is 2. The topological polar surface area (TPSA) is 74.6 Å². The van der Waals surface area contributed by atoms with E-state index in [9.17, 15) is 19.8 Å². The minimum Gasteiger partial charge on any atom is -0.481 e. The number of hydrogen-bond acceptors (Lipinski definition) is 2. The first kappa shape index (κ1) is 17.8. The third kappa shape index (κ3) is 3.21. The Balaban J connectivity index is 1.83. The Morgan fingerprint density at radius 3 is 2.38 bits per heavy atom. The second-order valence-corrected chi connectivity index (χ2v) is 9.13. The second-order valence-electron chi connectivity index (χ2n) is 9.13. The monoisotopic (exact) mass is 336 g/mol. The van der Waals surface area contributed by atoms with E-state index in [0.717, 1.165) is 31.1 Å². The molecule has 0 spiro atoms. The largest absolute Gasteiger partial charge is 0.481 e. The van der Waals surface area contributed by atoms with E-state index in [1.54, 1.807) is 0 Å². The summed E-state index contributed by atoms with van der Waals surface area (Å²) in [5.41, 5.74) is 0.348. The van der Waals surface area contributed by atoms with Crippen LogP contribution in [0.25, 0.3) is 0 Å². The summed E-state index contributed by atoms with van der Waals surface area (Å²) in [6.45, 7) is 4.82. The molecular formula is C20H32O4. The van der Waals surface area contributed by atoms with Crippen LogP contribution in [0, 0.1) is 40.9 Å². The highest BCUT2D eigenvalue weighted by Crippen LogP contribution is 2.62. The van der Waals surface area contributed by atoms with Crippen LogP contribution in [0.3, 0.4) is 0 Å². The zero-order valence-corrected chi connectivity index (χ0v) is 15.0. The van der Waals surface area contributed by atoms with Gasteiger partial charge in [0.1, 0.15) is 0 Å². The molecule has 2 N–H and O–H groups in total. The van der Waals surface area contributed by atoms with Crippen LogP contribution in [0.1, 0.15) is 71.6 Å². The van der Waals surface area contributed by atoms with Crippen LogP contribution in [0.15, 0.2) is 0 Å². The minimum absolute atomic E-state index is 0.0440. The predicted molar refractivity (Wildman–Crippen MR) is 91.5 cm³/mol. The molecule has 7 atom stereocenters.